The summed E-state index contributed by atoms with van der Waals surface area (Å²) >= 11 is 1.50. The number of piperidine rings is 1. The molecule has 18 heavy (non-hydrogen) atoms. The molecule has 1 fully saturated rings. The van der Waals surface area contributed by atoms with Crippen molar-refractivity contribution < 1.29 is 9.50 Å². The second-order valence-electron chi connectivity index (χ2n) is 4.85. The molecule has 1 saturated heterocycles. The van der Waals surface area contributed by atoms with Crippen LogP contribution < -0.4 is 0 Å². The highest BCUT2D eigenvalue weighted by atomic mass is 32.2. The predicted molar refractivity (Wildman–Crippen MR) is 73.4 cm³/mol. The first-order chi connectivity index (χ1) is 8.57. The third-order valence-electron chi connectivity index (χ3n) is 3.77. The van der Waals surface area contributed by atoms with E-state index in [1.54, 1.807) is 0 Å². The zero-order valence-electron chi connectivity index (χ0n) is 10.9. The Labute approximate surface area is 112 Å². The third-order valence-corrected chi connectivity index (χ3v) is 4.48. The van der Waals surface area contributed by atoms with Crippen molar-refractivity contribution in [3.05, 3.63) is 29.6 Å². The summed E-state index contributed by atoms with van der Waals surface area (Å²) < 4.78 is 13.5. The molecule has 0 radical (unpaired) electrons. The van der Waals surface area contributed by atoms with E-state index in [4.69, 9.17) is 0 Å². The lowest BCUT2D eigenvalue weighted by Crippen LogP contribution is -2.42. The van der Waals surface area contributed by atoms with Crippen LogP contribution in [0, 0.1) is 5.82 Å². The fourth-order valence-electron chi connectivity index (χ4n) is 2.48. The first kappa shape index (κ1) is 13.8. The Kier molecular flexibility index (Phi) is 4.30. The zero-order chi connectivity index (χ0) is 13.2. The number of hydrogen-bond acceptors (Lipinski definition) is 3. The number of halogens is 1. The van der Waals surface area contributed by atoms with Crippen LogP contribution in [0.3, 0.4) is 0 Å². The van der Waals surface area contributed by atoms with Crippen LogP contribution in [-0.2, 0) is 5.60 Å². The fraction of sp³-hybridized carbons (Fsp3) is 0.571. The molecule has 1 aromatic carbocycles. The van der Waals surface area contributed by atoms with Crippen molar-refractivity contribution in [3.8, 4) is 0 Å². The molecule has 0 aliphatic carbocycles. The van der Waals surface area contributed by atoms with Gasteiger partial charge in [0.15, 0.2) is 0 Å². The Morgan fingerprint density at radius 2 is 2.00 bits per heavy atom. The Hall–Kier alpha value is -0.580. The number of thioether (sulfide) groups is 1. The average molecular weight is 269 g/mol. The molecular weight excluding hydrogens is 249 g/mol. The lowest BCUT2D eigenvalue weighted by Gasteiger charge is -2.38. The third kappa shape index (κ3) is 2.87. The minimum atomic E-state index is -0.863. The van der Waals surface area contributed by atoms with Crippen LogP contribution in [0.2, 0.25) is 0 Å². The Morgan fingerprint density at radius 1 is 1.33 bits per heavy atom. The molecule has 2 rings (SSSR count). The number of benzene rings is 1. The summed E-state index contributed by atoms with van der Waals surface area (Å²) in [5.41, 5.74) is -0.138. The van der Waals surface area contributed by atoms with Crippen molar-refractivity contribution in [1.82, 2.24) is 4.90 Å². The summed E-state index contributed by atoms with van der Waals surface area (Å²) in [7, 11) is 0. The first-order valence-corrected chi connectivity index (χ1v) is 7.59. The van der Waals surface area contributed by atoms with Gasteiger partial charge < -0.3 is 10.0 Å². The molecule has 100 valence electrons. The lowest BCUT2D eigenvalue weighted by atomic mass is 9.84. The maximum atomic E-state index is 13.5. The standard InChI is InChI=1S/C14H20FNOS/c1-3-16-6-4-14(17,5-7-16)11-8-12(15)10-13(9-11)18-2/h8-10,17H,3-7H2,1-2H3. The molecule has 0 bridgehead atoms. The van der Waals surface area contributed by atoms with Crippen molar-refractivity contribution in [2.75, 3.05) is 25.9 Å². The van der Waals surface area contributed by atoms with Crippen LogP contribution in [-0.4, -0.2) is 35.9 Å². The van der Waals surface area contributed by atoms with Crippen molar-refractivity contribution in [3.63, 3.8) is 0 Å². The van der Waals surface area contributed by atoms with Gasteiger partial charge in [0.05, 0.1) is 5.60 Å². The molecule has 0 amide bonds. The Morgan fingerprint density at radius 3 is 2.56 bits per heavy atom. The molecule has 0 unspecified atom stereocenters. The molecule has 0 spiro atoms. The summed E-state index contributed by atoms with van der Waals surface area (Å²) in [5.74, 6) is -0.261. The monoisotopic (exact) mass is 269 g/mol. The van der Waals surface area contributed by atoms with Crippen LogP contribution in [0.4, 0.5) is 4.39 Å². The minimum absolute atomic E-state index is 0.261. The summed E-state index contributed by atoms with van der Waals surface area (Å²) in [6.07, 6.45) is 3.28. The number of aliphatic hydroxyl groups is 1. The SMILES string of the molecule is CCN1CCC(O)(c2cc(F)cc(SC)c2)CC1. The molecule has 2 nitrogen and oxygen atoms in total. The van der Waals surface area contributed by atoms with Gasteiger partial charge in [-0.25, -0.2) is 4.39 Å². The highest BCUT2D eigenvalue weighted by Gasteiger charge is 2.34. The van der Waals surface area contributed by atoms with Gasteiger partial charge in [0, 0.05) is 18.0 Å². The van der Waals surface area contributed by atoms with E-state index in [9.17, 15) is 9.50 Å². The molecule has 0 saturated carbocycles. The van der Waals surface area contributed by atoms with Crippen LogP contribution >= 0.6 is 11.8 Å². The lowest BCUT2D eigenvalue weighted by molar-refractivity contribution is -0.0250. The number of hydrogen-bond donors (Lipinski definition) is 1. The van der Waals surface area contributed by atoms with Crippen molar-refractivity contribution in [2.24, 2.45) is 0 Å². The van der Waals surface area contributed by atoms with Gasteiger partial charge in [-0.1, -0.05) is 6.92 Å². The molecule has 1 N–H and O–H groups in total. The summed E-state index contributed by atoms with van der Waals surface area (Å²) in [6.45, 7) is 4.88. The minimum Gasteiger partial charge on any atom is -0.385 e. The van der Waals surface area contributed by atoms with E-state index in [0.717, 1.165) is 30.1 Å². The summed E-state index contributed by atoms with van der Waals surface area (Å²) in [4.78, 5) is 3.18. The molecular formula is C14H20FNOS. The Bertz CT molecular complexity index is 416. The molecule has 1 aliphatic heterocycles. The van der Waals surface area contributed by atoms with Gasteiger partial charge in [-0.15, -0.1) is 11.8 Å². The topological polar surface area (TPSA) is 23.5 Å². The number of likely N-dealkylation sites (tertiary alicyclic amines) is 1. The molecule has 1 aliphatic rings. The quantitative estimate of drug-likeness (QED) is 0.854. The van der Waals surface area contributed by atoms with E-state index >= 15 is 0 Å². The van der Waals surface area contributed by atoms with Gasteiger partial charge in [0.25, 0.3) is 0 Å². The highest BCUT2D eigenvalue weighted by molar-refractivity contribution is 7.98. The number of rotatable bonds is 3. The van der Waals surface area contributed by atoms with Gasteiger partial charge in [-0.3, -0.25) is 0 Å². The van der Waals surface area contributed by atoms with Crippen LogP contribution in [0.5, 0.6) is 0 Å². The molecule has 1 heterocycles. The van der Waals surface area contributed by atoms with Crippen LogP contribution in [0.15, 0.2) is 23.1 Å². The molecule has 0 atom stereocenters. The van der Waals surface area contributed by atoms with Gasteiger partial charge in [0.2, 0.25) is 0 Å². The van der Waals surface area contributed by atoms with Crippen LogP contribution in [0.25, 0.3) is 0 Å². The van der Waals surface area contributed by atoms with E-state index in [1.807, 2.05) is 12.3 Å². The molecule has 1 aromatic rings. The van der Waals surface area contributed by atoms with Gasteiger partial charge in [-0.05, 0) is 49.4 Å². The van der Waals surface area contributed by atoms with E-state index in [-0.39, 0.29) is 5.82 Å². The van der Waals surface area contributed by atoms with E-state index in [1.165, 1.54) is 23.9 Å². The van der Waals surface area contributed by atoms with Crippen molar-refractivity contribution >= 4 is 11.8 Å². The summed E-state index contributed by atoms with van der Waals surface area (Å²) in [6, 6.07) is 4.90. The zero-order valence-corrected chi connectivity index (χ0v) is 11.8. The van der Waals surface area contributed by atoms with Gasteiger partial charge in [0.1, 0.15) is 5.82 Å². The highest BCUT2D eigenvalue weighted by Crippen LogP contribution is 2.34. The maximum absolute atomic E-state index is 13.5. The average Bonchev–Trinajstić information content (AvgIpc) is 2.39. The maximum Gasteiger partial charge on any atom is 0.124 e. The first-order valence-electron chi connectivity index (χ1n) is 6.37. The smallest absolute Gasteiger partial charge is 0.124 e. The fourth-order valence-corrected chi connectivity index (χ4v) is 2.95. The van der Waals surface area contributed by atoms with E-state index < -0.39 is 5.60 Å². The predicted octanol–water partition coefficient (Wildman–Crippen LogP) is 2.85. The Balaban J connectivity index is 2.22. The van der Waals surface area contributed by atoms with Crippen LogP contribution in [0.1, 0.15) is 25.3 Å². The van der Waals surface area contributed by atoms with E-state index in [0.29, 0.717) is 12.8 Å². The molecule has 0 aromatic heterocycles. The second-order valence-corrected chi connectivity index (χ2v) is 5.73. The molecule has 4 heteroatoms. The number of nitrogens with zero attached hydrogens (tertiary/aromatic N) is 1. The van der Waals surface area contributed by atoms with Crippen molar-refractivity contribution in [2.45, 2.75) is 30.3 Å². The van der Waals surface area contributed by atoms with E-state index in [2.05, 4.69) is 11.8 Å². The van der Waals surface area contributed by atoms with Gasteiger partial charge in [-0.2, -0.15) is 0 Å². The van der Waals surface area contributed by atoms with Crippen molar-refractivity contribution in [1.29, 1.82) is 0 Å². The van der Waals surface area contributed by atoms with Gasteiger partial charge >= 0.3 is 0 Å². The second kappa shape index (κ2) is 5.59. The largest absolute Gasteiger partial charge is 0.385 e. The normalized spacial score (nSPS) is 20.0. The summed E-state index contributed by atoms with van der Waals surface area (Å²) in [5, 5.41) is 10.7.